The highest BCUT2D eigenvalue weighted by atomic mass is 16.2. The van der Waals surface area contributed by atoms with Crippen molar-refractivity contribution < 1.29 is 4.79 Å². The molecule has 1 aliphatic rings. The first-order valence-electron chi connectivity index (χ1n) is 8.72. The first kappa shape index (κ1) is 18.1. The number of hydrogen-bond acceptors (Lipinski definition) is 5. The van der Waals surface area contributed by atoms with Crippen LogP contribution >= 0.6 is 0 Å². The molecule has 2 N–H and O–H groups in total. The van der Waals surface area contributed by atoms with Crippen molar-refractivity contribution in [2.75, 3.05) is 13.1 Å². The number of H-pyrrole nitrogens is 1. The summed E-state index contributed by atoms with van der Waals surface area (Å²) in [5.41, 5.74) is 0.804. The van der Waals surface area contributed by atoms with E-state index in [1.165, 1.54) is 13.2 Å². The van der Waals surface area contributed by atoms with Crippen molar-refractivity contribution in [3.63, 3.8) is 0 Å². The van der Waals surface area contributed by atoms with Gasteiger partial charge in [-0.25, -0.2) is 4.79 Å². The molecule has 1 fully saturated rings. The molecule has 0 radical (unpaired) electrons. The summed E-state index contributed by atoms with van der Waals surface area (Å²) >= 11 is 0. The molecular formula is C18H23N5O3. The monoisotopic (exact) mass is 357 g/mol. The van der Waals surface area contributed by atoms with E-state index in [4.69, 9.17) is 0 Å². The van der Waals surface area contributed by atoms with Gasteiger partial charge in [0.1, 0.15) is 0 Å². The molecule has 0 bridgehead atoms. The van der Waals surface area contributed by atoms with Crippen LogP contribution in [0.4, 0.5) is 0 Å². The zero-order valence-electron chi connectivity index (χ0n) is 14.8. The van der Waals surface area contributed by atoms with E-state index in [0.29, 0.717) is 38.0 Å². The Morgan fingerprint density at radius 3 is 2.85 bits per heavy atom. The highest BCUT2D eigenvalue weighted by molar-refractivity contribution is 5.78. The molecule has 1 aliphatic heterocycles. The Morgan fingerprint density at radius 1 is 1.31 bits per heavy atom. The molecule has 26 heavy (non-hydrogen) atoms. The van der Waals surface area contributed by atoms with Crippen LogP contribution in [-0.2, 0) is 24.8 Å². The first-order chi connectivity index (χ1) is 12.5. The van der Waals surface area contributed by atoms with Gasteiger partial charge in [0.25, 0.3) is 5.56 Å². The molecule has 0 unspecified atom stereocenters. The quantitative estimate of drug-likeness (QED) is 0.714. The average molecular weight is 357 g/mol. The maximum absolute atomic E-state index is 12.2. The van der Waals surface area contributed by atoms with Crippen LogP contribution in [0.5, 0.6) is 0 Å². The maximum Gasteiger partial charge on any atom is 0.328 e. The Kier molecular flexibility index (Phi) is 5.62. The number of nitrogens with zero attached hydrogens (tertiary/aromatic N) is 3. The van der Waals surface area contributed by atoms with E-state index in [1.807, 2.05) is 18.2 Å². The Morgan fingerprint density at radius 2 is 2.15 bits per heavy atom. The van der Waals surface area contributed by atoms with Crippen LogP contribution in [0.1, 0.15) is 24.1 Å². The highest BCUT2D eigenvalue weighted by Crippen LogP contribution is 2.11. The number of pyridine rings is 1. The summed E-state index contributed by atoms with van der Waals surface area (Å²) in [7, 11) is 1.46. The Bertz CT molecular complexity index is 874. The smallest absolute Gasteiger partial charge is 0.328 e. The summed E-state index contributed by atoms with van der Waals surface area (Å²) in [6.45, 7) is 1.97. The third-order valence-corrected chi connectivity index (χ3v) is 4.63. The number of aromatic nitrogens is 3. The van der Waals surface area contributed by atoms with Crippen molar-refractivity contribution >= 4 is 5.91 Å². The summed E-state index contributed by atoms with van der Waals surface area (Å²) < 4.78 is 1.08. The summed E-state index contributed by atoms with van der Waals surface area (Å²) in [6.07, 6.45) is 5.13. The van der Waals surface area contributed by atoms with Crippen molar-refractivity contribution in [1.29, 1.82) is 0 Å². The van der Waals surface area contributed by atoms with Gasteiger partial charge in [0, 0.05) is 57.1 Å². The lowest BCUT2D eigenvalue weighted by Crippen LogP contribution is -2.40. The number of carbonyl (C=O) groups excluding carboxylic acids is 1. The van der Waals surface area contributed by atoms with E-state index < -0.39 is 5.69 Å². The van der Waals surface area contributed by atoms with E-state index >= 15 is 0 Å². The van der Waals surface area contributed by atoms with Crippen molar-refractivity contribution in [3.05, 3.63) is 62.7 Å². The van der Waals surface area contributed by atoms with Crippen LogP contribution in [0.15, 0.2) is 40.2 Å². The minimum atomic E-state index is -0.419. The molecule has 0 aliphatic carbocycles. The zero-order valence-corrected chi connectivity index (χ0v) is 14.8. The lowest BCUT2D eigenvalue weighted by Gasteiger charge is -2.25. The van der Waals surface area contributed by atoms with Crippen LogP contribution in [-0.4, -0.2) is 44.5 Å². The molecule has 1 amide bonds. The highest BCUT2D eigenvalue weighted by Gasteiger charge is 2.23. The normalized spacial score (nSPS) is 16.8. The molecule has 3 rings (SSSR count). The second kappa shape index (κ2) is 8.09. The summed E-state index contributed by atoms with van der Waals surface area (Å²) in [5, 5.41) is 2.98. The minimum Gasteiger partial charge on any atom is -0.352 e. The number of rotatable bonds is 7. The van der Waals surface area contributed by atoms with Gasteiger partial charge < -0.3 is 10.3 Å². The van der Waals surface area contributed by atoms with Gasteiger partial charge in [0.05, 0.1) is 5.69 Å². The van der Waals surface area contributed by atoms with Crippen LogP contribution in [0.25, 0.3) is 0 Å². The molecular weight excluding hydrogens is 334 g/mol. The molecule has 0 saturated carbocycles. The number of hydrogen-bond donors (Lipinski definition) is 2. The molecule has 0 aromatic carbocycles. The van der Waals surface area contributed by atoms with Crippen LogP contribution < -0.4 is 16.6 Å². The fourth-order valence-electron chi connectivity index (χ4n) is 3.15. The van der Waals surface area contributed by atoms with Gasteiger partial charge in [0.15, 0.2) is 0 Å². The summed E-state index contributed by atoms with van der Waals surface area (Å²) in [6, 6.07) is 5.88. The number of amides is 1. The number of nitrogens with one attached hydrogen (secondary N) is 2. The van der Waals surface area contributed by atoms with Gasteiger partial charge >= 0.3 is 5.69 Å². The lowest BCUT2D eigenvalue weighted by atomic mass is 10.1. The largest absolute Gasteiger partial charge is 0.352 e. The molecule has 3 heterocycles. The second-order valence-electron chi connectivity index (χ2n) is 6.59. The Labute approximate surface area is 150 Å². The van der Waals surface area contributed by atoms with E-state index in [-0.39, 0.29) is 17.5 Å². The summed E-state index contributed by atoms with van der Waals surface area (Å²) in [5.74, 6) is 0.0855. The Balaban J connectivity index is 1.70. The van der Waals surface area contributed by atoms with Gasteiger partial charge in [-0.2, -0.15) is 0 Å². The van der Waals surface area contributed by atoms with Crippen LogP contribution in [0.3, 0.4) is 0 Å². The molecule has 2 aromatic rings. The topological polar surface area (TPSA) is 100 Å². The number of aromatic amines is 1. The predicted molar refractivity (Wildman–Crippen MR) is 96.7 cm³/mol. The molecule has 1 saturated heterocycles. The fourth-order valence-corrected chi connectivity index (χ4v) is 3.15. The van der Waals surface area contributed by atoms with Gasteiger partial charge in [-0.3, -0.25) is 24.0 Å². The minimum absolute atomic E-state index is 0.0855. The molecule has 8 heteroatoms. The van der Waals surface area contributed by atoms with Crippen LogP contribution in [0.2, 0.25) is 0 Å². The van der Waals surface area contributed by atoms with Gasteiger partial charge in [-0.15, -0.1) is 0 Å². The molecule has 2 aromatic heterocycles. The van der Waals surface area contributed by atoms with Gasteiger partial charge in [-0.05, 0) is 25.0 Å². The van der Waals surface area contributed by atoms with E-state index in [1.54, 1.807) is 6.20 Å². The number of carbonyl (C=O) groups is 1. The fraction of sp³-hybridized carbons (Fsp3) is 0.444. The van der Waals surface area contributed by atoms with Crippen LogP contribution in [0, 0.1) is 0 Å². The standard InChI is InChI=1S/C18H23N5O3/c1-22-17(25)13(10-20-18(22)26)7-9-23(11-14-4-2-3-8-19-14)12-15-5-6-16(24)21-15/h2-4,8,10,15H,5-7,9,11-12H2,1H3,(H,20,26)(H,21,24)/t15-/m0/s1. The lowest BCUT2D eigenvalue weighted by molar-refractivity contribution is -0.119. The van der Waals surface area contributed by atoms with Crippen molar-refractivity contribution in [2.24, 2.45) is 7.05 Å². The third kappa shape index (κ3) is 4.45. The van der Waals surface area contributed by atoms with Gasteiger partial charge in [-0.1, -0.05) is 6.07 Å². The average Bonchev–Trinajstić information content (AvgIpc) is 3.04. The van der Waals surface area contributed by atoms with E-state index in [0.717, 1.165) is 16.7 Å². The maximum atomic E-state index is 12.2. The molecule has 8 nitrogen and oxygen atoms in total. The molecule has 138 valence electrons. The van der Waals surface area contributed by atoms with E-state index in [9.17, 15) is 14.4 Å². The summed E-state index contributed by atoms with van der Waals surface area (Å²) in [4.78, 5) is 44.3. The zero-order chi connectivity index (χ0) is 18.5. The van der Waals surface area contributed by atoms with Crippen molar-refractivity contribution in [2.45, 2.75) is 31.8 Å². The van der Waals surface area contributed by atoms with Crippen molar-refractivity contribution in [1.82, 2.24) is 24.8 Å². The predicted octanol–water partition coefficient (Wildman–Crippen LogP) is -0.208. The molecule has 0 spiro atoms. The second-order valence-corrected chi connectivity index (χ2v) is 6.59. The first-order valence-corrected chi connectivity index (χ1v) is 8.72. The SMILES string of the molecule is Cn1c(=O)[nH]cc(CCN(Cc2ccccn2)C[C@@H]2CCC(=O)N2)c1=O. The molecule has 1 atom stereocenters. The van der Waals surface area contributed by atoms with Crippen molar-refractivity contribution in [3.8, 4) is 0 Å². The third-order valence-electron chi connectivity index (χ3n) is 4.63. The van der Waals surface area contributed by atoms with Gasteiger partial charge in [0.2, 0.25) is 5.91 Å². The van der Waals surface area contributed by atoms with E-state index in [2.05, 4.69) is 20.2 Å². The Hall–Kier alpha value is -2.74.